The summed E-state index contributed by atoms with van der Waals surface area (Å²) in [4.78, 5) is 23.0. The van der Waals surface area contributed by atoms with Crippen molar-refractivity contribution in [2.75, 3.05) is 51.0 Å². The molecule has 1 aromatic heterocycles. The summed E-state index contributed by atoms with van der Waals surface area (Å²) < 4.78 is 64.6. The van der Waals surface area contributed by atoms with Crippen LogP contribution in [0.4, 0.5) is 23.4 Å². The lowest BCUT2D eigenvalue weighted by Crippen LogP contribution is -2.55. The summed E-state index contributed by atoms with van der Waals surface area (Å²) in [5, 5.41) is 3.72. The minimum atomic E-state index is -4.61. The Morgan fingerprint density at radius 2 is 1.77 bits per heavy atom. The number of likely N-dealkylation sites (N-methyl/N-ethyl adjacent to an activating group) is 1. The zero-order valence-electron chi connectivity index (χ0n) is 23.0. The highest BCUT2D eigenvalue weighted by molar-refractivity contribution is 8.17. The van der Waals surface area contributed by atoms with Gasteiger partial charge in [-0.2, -0.15) is 29.1 Å². The number of halogens is 4. The summed E-state index contributed by atoms with van der Waals surface area (Å²) in [6, 6.07) is 8.32. The van der Waals surface area contributed by atoms with Crippen LogP contribution in [0.5, 0.6) is 0 Å². The second-order valence-electron chi connectivity index (χ2n) is 11.0. The molecule has 0 bridgehead atoms. The third kappa shape index (κ3) is 6.00. The Labute approximate surface area is 233 Å². The zero-order chi connectivity index (χ0) is 28.8. The van der Waals surface area contributed by atoms with Gasteiger partial charge in [0.25, 0.3) is 0 Å². The van der Waals surface area contributed by atoms with Crippen molar-refractivity contribution < 1.29 is 22.3 Å². The predicted octanol–water partition coefficient (Wildman–Crippen LogP) is 4.12. The van der Waals surface area contributed by atoms with E-state index in [-0.39, 0.29) is 24.4 Å². The maximum Gasteiger partial charge on any atom is 0.416 e. The third-order valence-electron chi connectivity index (χ3n) is 7.31. The van der Waals surface area contributed by atoms with Crippen molar-refractivity contribution in [3.63, 3.8) is 0 Å². The Bertz CT molecular complexity index is 1420. The number of rotatable bonds is 6. The van der Waals surface area contributed by atoms with Gasteiger partial charge in [0.1, 0.15) is 11.6 Å². The van der Waals surface area contributed by atoms with Gasteiger partial charge in [0.2, 0.25) is 0 Å². The molecule has 0 amide bonds. The van der Waals surface area contributed by atoms with E-state index in [0.717, 1.165) is 11.0 Å². The molecule has 3 aromatic rings. The summed E-state index contributed by atoms with van der Waals surface area (Å²) in [5.41, 5.74) is -0.850. The van der Waals surface area contributed by atoms with Gasteiger partial charge in [-0.3, -0.25) is 4.57 Å². The van der Waals surface area contributed by atoms with Gasteiger partial charge in [0.15, 0.2) is 0 Å². The topological polar surface area (TPSA) is 62.6 Å². The first-order valence-corrected chi connectivity index (χ1v) is 14.9. The molecule has 5 rings (SSSR count). The standard InChI is InChI=1S/C28H35F4N5O2S/c1-17-13-36(14-18(2)33-17)26-23-11-19(28(30,31)32)12-24-25(23)37(27(38)34-26)15-21(39-10-9-35(3)4)16-40(24)22-7-5-20(29)6-8-22/h5-8,11-12,17-18,21,33,40H,9-10,13-16H2,1-4H3/t17-,18+,21-/m0/s1. The van der Waals surface area contributed by atoms with Gasteiger partial charge in [0, 0.05) is 47.8 Å². The molecule has 1 fully saturated rings. The van der Waals surface area contributed by atoms with E-state index in [1.54, 1.807) is 12.1 Å². The fourth-order valence-corrected chi connectivity index (χ4v) is 8.21. The molecule has 40 heavy (non-hydrogen) atoms. The van der Waals surface area contributed by atoms with Crippen molar-refractivity contribution >= 4 is 27.6 Å². The molecule has 1 N–H and O–H groups in total. The van der Waals surface area contributed by atoms with Crippen LogP contribution < -0.4 is 15.9 Å². The SMILES string of the molecule is C[C@@H]1CN(c2nc(=O)n3c4c(cc(C(F)(F)F)cc24)[SH](c2ccc(F)cc2)C[C@@H](OCCN(C)C)C3)C[C@H](C)N1. The van der Waals surface area contributed by atoms with Crippen LogP contribution in [0, 0.1) is 5.82 Å². The Morgan fingerprint density at radius 3 is 2.40 bits per heavy atom. The predicted molar refractivity (Wildman–Crippen MR) is 150 cm³/mol. The number of aromatic nitrogens is 2. The number of hydrogen-bond donors (Lipinski definition) is 2. The summed E-state index contributed by atoms with van der Waals surface area (Å²) in [6.07, 6.45) is -5.05. The maximum absolute atomic E-state index is 14.3. The number of nitrogens with one attached hydrogen (secondary N) is 1. The van der Waals surface area contributed by atoms with E-state index in [4.69, 9.17) is 4.74 Å². The normalized spacial score (nSPS) is 24.5. The fraction of sp³-hybridized carbons (Fsp3) is 0.500. The van der Waals surface area contributed by atoms with E-state index in [2.05, 4.69) is 10.3 Å². The molecule has 2 aromatic carbocycles. The van der Waals surface area contributed by atoms with E-state index in [1.165, 1.54) is 22.8 Å². The molecule has 1 saturated heterocycles. The van der Waals surface area contributed by atoms with E-state index in [1.807, 2.05) is 37.7 Å². The smallest absolute Gasteiger partial charge is 0.374 e. The van der Waals surface area contributed by atoms with Gasteiger partial charge in [0.05, 0.1) is 30.3 Å². The lowest BCUT2D eigenvalue weighted by atomic mass is 10.1. The molecular weight excluding hydrogens is 546 g/mol. The van der Waals surface area contributed by atoms with Crippen LogP contribution in [-0.4, -0.2) is 78.7 Å². The van der Waals surface area contributed by atoms with Crippen molar-refractivity contribution in [2.24, 2.45) is 0 Å². The van der Waals surface area contributed by atoms with Crippen LogP contribution in [0.15, 0.2) is 51.0 Å². The number of nitrogens with zero attached hydrogens (tertiary/aromatic N) is 4. The lowest BCUT2D eigenvalue weighted by molar-refractivity contribution is -0.137. The van der Waals surface area contributed by atoms with E-state index < -0.39 is 40.2 Å². The number of thiol groups is 1. The number of ether oxygens (including phenoxy) is 1. The van der Waals surface area contributed by atoms with Crippen LogP contribution in [0.1, 0.15) is 19.4 Å². The molecule has 12 heteroatoms. The molecule has 3 heterocycles. The summed E-state index contributed by atoms with van der Waals surface area (Å²) >= 11 is 0. The molecule has 0 saturated carbocycles. The molecule has 1 unspecified atom stereocenters. The van der Waals surface area contributed by atoms with E-state index >= 15 is 0 Å². The van der Waals surface area contributed by atoms with Crippen molar-refractivity contribution in [3.05, 3.63) is 58.3 Å². The lowest BCUT2D eigenvalue weighted by Gasteiger charge is -2.37. The average molecular weight is 582 g/mol. The van der Waals surface area contributed by atoms with Crippen molar-refractivity contribution in [1.82, 2.24) is 19.8 Å². The van der Waals surface area contributed by atoms with Gasteiger partial charge in [-0.25, -0.2) is 9.18 Å². The number of piperazine rings is 1. The second-order valence-corrected chi connectivity index (χ2v) is 13.2. The monoisotopic (exact) mass is 581 g/mol. The number of benzene rings is 2. The Balaban J connectivity index is 1.76. The van der Waals surface area contributed by atoms with Crippen molar-refractivity contribution in [3.8, 4) is 0 Å². The Kier molecular flexibility index (Phi) is 8.15. The number of alkyl halides is 3. The quantitative estimate of drug-likeness (QED) is 0.338. The second kappa shape index (κ2) is 11.3. The first kappa shape index (κ1) is 28.8. The fourth-order valence-electron chi connectivity index (χ4n) is 5.60. The molecule has 4 atom stereocenters. The molecule has 2 aliphatic heterocycles. The molecule has 7 nitrogen and oxygen atoms in total. The number of hydrogen-bond acceptors (Lipinski definition) is 6. The van der Waals surface area contributed by atoms with E-state index in [9.17, 15) is 22.4 Å². The highest BCUT2D eigenvalue weighted by Gasteiger charge is 2.36. The molecular formula is C28H35F4N5O2S. The summed E-state index contributed by atoms with van der Waals surface area (Å²) in [6.45, 7) is 6.22. The summed E-state index contributed by atoms with van der Waals surface area (Å²) in [5.74, 6) is 0.236. The first-order valence-electron chi connectivity index (χ1n) is 13.4. The highest BCUT2D eigenvalue weighted by atomic mass is 32.2. The first-order chi connectivity index (χ1) is 18.9. The minimum absolute atomic E-state index is 0.0646. The minimum Gasteiger partial charge on any atom is -0.374 e. The van der Waals surface area contributed by atoms with Gasteiger partial charge in [-0.1, -0.05) is 0 Å². The molecule has 218 valence electrons. The Morgan fingerprint density at radius 1 is 1.10 bits per heavy atom. The molecule has 2 aliphatic rings. The Hall–Kier alpha value is -2.67. The van der Waals surface area contributed by atoms with Crippen molar-refractivity contribution in [1.29, 1.82) is 0 Å². The van der Waals surface area contributed by atoms with Gasteiger partial charge < -0.3 is 19.9 Å². The van der Waals surface area contributed by atoms with Crippen LogP contribution in [-0.2, 0) is 17.5 Å². The molecule has 0 radical (unpaired) electrons. The third-order valence-corrected chi connectivity index (χ3v) is 9.93. The van der Waals surface area contributed by atoms with Crippen LogP contribution >= 0.6 is 10.9 Å². The average Bonchev–Trinajstić information content (AvgIpc) is 3.03. The molecule has 0 aliphatic carbocycles. The van der Waals surface area contributed by atoms with Crippen molar-refractivity contribution in [2.45, 2.75) is 54.5 Å². The van der Waals surface area contributed by atoms with Gasteiger partial charge >= 0.3 is 11.9 Å². The van der Waals surface area contributed by atoms with Crippen LogP contribution in [0.25, 0.3) is 10.9 Å². The van der Waals surface area contributed by atoms with Crippen LogP contribution in [0.2, 0.25) is 0 Å². The number of anilines is 1. The summed E-state index contributed by atoms with van der Waals surface area (Å²) in [7, 11) is 2.41. The highest BCUT2D eigenvalue weighted by Crippen LogP contribution is 2.52. The van der Waals surface area contributed by atoms with Gasteiger partial charge in [-0.05, 0) is 69.2 Å². The molecule has 0 spiro atoms. The van der Waals surface area contributed by atoms with E-state index in [0.29, 0.717) is 47.8 Å². The van der Waals surface area contributed by atoms with Gasteiger partial charge in [-0.15, -0.1) is 0 Å². The largest absolute Gasteiger partial charge is 0.416 e. The zero-order valence-corrected chi connectivity index (χ0v) is 23.9. The van der Waals surface area contributed by atoms with Crippen LogP contribution in [0.3, 0.4) is 0 Å². The maximum atomic E-state index is 14.3.